The standard InChI is InChI=1S/C12H10ClFN2O/c1-7(17)10-6-16(2)12(15-10)11-8(13)4-3-5-9(11)14/h3-6H,1-2H3. The number of aryl methyl sites for hydroxylation is 1. The molecule has 0 bridgehead atoms. The van der Waals surface area contributed by atoms with Crippen LogP contribution in [-0.4, -0.2) is 15.3 Å². The zero-order valence-electron chi connectivity index (χ0n) is 9.37. The van der Waals surface area contributed by atoms with Gasteiger partial charge in [-0.15, -0.1) is 0 Å². The molecule has 0 N–H and O–H groups in total. The Labute approximate surface area is 103 Å². The van der Waals surface area contributed by atoms with Gasteiger partial charge in [0.25, 0.3) is 0 Å². The Kier molecular flexibility index (Phi) is 2.98. The largest absolute Gasteiger partial charge is 0.333 e. The molecule has 88 valence electrons. The molecule has 1 heterocycles. The summed E-state index contributed by atoms with van der Waals surface area (Å²) in [5, 5.41) is 0.272. The summed E-state index contributed by atoms with van der Waals surface area (Å²) in [6.07, 6.45) is 1.56. The highest BCUT2D eigenvalue weighted by molar-refractivity contribution is 6.33. The van der Waals surface area contributed by atoms with Gasteiger partial charge < -0.3 is 4.57 Å². The molecule has 0 aliphatic rings. The number of rotatable bonds is 2. The van der Waals surface area contributed by atoms with Crippen LogP contribution in [0.15, 0.2) is 24.4 Å². The zero-order chi connectivity index (χ0) is 12.6. The minimum absolute atomic E-state index is 0.167. The maximum atomic E-state index is 13.7. The number of hydrogen-bond donors (Lipinski definition) is 0. The first-order chi connectivity index (χ1) is 8.00. The molecule has 1 aromatic heterocycles. The van der Waals surface area contributed by atoms with E-state index in [1.165, 1.54) is 19.1 Å². The Hall–Kier alpha value is -1.68. The number of ketones is 1. The first kappa shape index (κ1) is 11.8. The smallest absolute Gasteiger partial charge is 0.179 e. The number of hydrogen-bond acceptors (Lipinski definition) is 2. The van der Waals surface area contributed by atoms with Crippen LogP contribution in [0, 0.1) is 5.82 Å². The molecule has 0 amide bonds. The molecule has 0 aliphatic heterocycles. The molecule has 0 radical (unpaired) electrons. The summed E-state index contributed by atoms with van der Waals surface area (Å²) in [4.78, 5) is 15.3. The third-order valence-corrected chi connectivity index (χ3v) is 2.74. The van der Waals surface area contributed by atoms with E-state index in [1.807, 2.05) is 0 Å². The second kappa shape index (κ2) is 4.30. The first-order valence-corrected chi connectivity index (χ1v) is 5.37. The Bertz CT molecular complexity index is 572. The zero-order valence-corrected chi connectivity index (χ0v) is 10.1. The van der Waals surface area contributed by atoms with Crippen molar-refractivity contribution in [2.75, 3.05) is 0 Å². The van der Waals surface area contributed by atoms with Crippen LogP contribution in [0.5, 0.6) is 0 Å². The highest BCUT2D eigenvalue weighted by Crippen LogP contribution is 2.29. The van der Waals surface area contributed by atoms with Crippen LogP contribution in [0.25, 0.3) is 11.4 Å². The van der Waals surface area contributed by atoms with Gasteiger partial charge in [-0.3, -0.25) is 4.79 Å². The van der Waals surface area contributed by atoms with Crippen LogP contribution in [-0.2, 0) is 7.05 Å². The van der Waals surface area contributed by atoms with E-state index >= 15 is 0 Å². The predicted octanol–water partition coefficient (Wildman–Crippen LogP) is 3.08. The maximum Gasteiger partial charge on any atom is 0.179 e. The van der Waals surface area contributed by atoms with E-state index in [4.69, 9.17) is 11.6 Å². The molecule has 0 spiro atoms. The number of carbonyl (C=O) groups excluding carboxylic acids is 1. The van der Waals surface area contributed by atoms with Crippen molar-refractivity contribution in [2.24, 2.45) is 7.05 Å². The predicted molar refractivity (Wildman–Crippen MR) is 63.6 cm³/mol. The molecule has 0 fully saturated rings. The molecule has 3 nitrogen and oxygen atoms in total. The number of Topliss-reactive ketones (excluding diaryl/α,β-unsaturated/α-hetero) is 1. The van der Waals surface area contributed by atoms with E-state index in [-0.39, 0.29) is 16.4 Å². The molecular weight excluding hydrogens is 243 g/mol. The van der Waals surface area contributed by atoms with Crippen molar-refractivity contribution in [2.45, 2.75) is 6.92 Å². The fourth-order valence-electron chi connectivity index (χ4n) is 1.58. The number of aromatic nitrogens is 2. The number of carbonyl (C=O) groups is 1. The van der Waals surface area contributed by atoms with E-state index in [1.54, 1.807) is 23.9 Å². The summed E-state index contributed by atoms with van der Waals surface area (Å²) in [6, 6.07) is 4.42. The lowest BCUT2D eigenvalue weighted by atomic mass is 10.2. The Balaban J connectivity index is 2.64. The summed E-state index contributed by atoms with van der Waals surface area (Å²) in [6.45, 7) is 1.41. The fraction of sp³-hybridized carbons (Fsp3) is 0.167. The minimum atomic E-state index is -0.457. The van der Waals surface area contributed by atoms with Crippen LogP contribution < -0.4 is 0 Å². The normalized spacial score (nSPS) is 10.6. The number of halogens is 2. The van der Waals surface area contributed by atoms with E-state index < -0.39 is 5.82 Å². The molecule has 0 aliphatic carbocycles. The Morgan fingerprint density at radius 2 is 2.18 bits per heavy atom. The van der Waals surface area contributed by atoms with Crippen LogP contribution in [0.2, 0.25) is 5.02 Å². The van der Waals surface area contributed by atoms with Crippen molar-refractivity contribution in [3.8, 4) is 11.4 Å². The quantitative estimate of drug-likeness (QED) is 0.770. The maximum absolute atomic E-state index is 13.7. The van der Waals surface area contributed by atoms with Crippen LogP contribution in [0.3, 0.4) is 0 Å². The van der Waals surface area contributed by atoms with Crippen LogP contribution in [0.1, 0.15) is 17.4 Å². The monoisotopic (exact) mass is 252 g/mol. The molecule has 17 heavy (non-hydrogen) atoms. The molecule has 0 atom stereocenters. The van der Waals surface area contributed by atoms with Crippen molar-refractivity contribution >= 4 is 17.4 Å². The molecular formula is C12H10ClFN2O. The van der Waals surface area contributed by atoms with Crippen molar-refractivity contribution in [3.05, 3.63) is 40.9 Å². The molecule has 0 saturated carbocycles. The van der Waals surface area contributed by atoms with Crippen molar-refractivity contribution in [1.29, 1.82) is 0 Å². The van der Waals surface area contributed by atoms with E-state index in [0.29, 0.717) is 11.5 Å². The van der Waals surface area contributed by atoms with Gasteiger partial charge in [0.15, 0.2) is 5.78 Å². The second-order valence-electron chi connectivity index (χ2n) is 3.71. The molecule has 2 aromatic rings. The van der Waals surface area contributed by atoms with Gasteiger partial charge in [0.05, 0.1) is 10.6 Å². The molecule has 5 heteroatoms. The summed E-state index contributed by atoms with van der Waals surface area (Å²) in [5.41, 5.74) is 0.506. The molecule has 0 saturated heterocycles. The lowest BCUT2D eigenvalue weighted by Gasteiger charge is -2.05. The SMILES string of the molecule is CC(=O)c1cn(C)c(-c2c(F)cccc2Cl)n1. The first-order valence-electron chi connectivity index (χ1n) is 4.99. The van der Waals surface area contributed by atoms with Gasteiger partial charge in [-0.25, -0.2) is 9.37 Å². The van der Waals surface area contributed by atoms with E-state index in [9.17, 15) is 9.18 Å². The summed E-state index contributed by atoms with van der Waals surface area (Å²) in [7, 11) is 1.69. The fourth-order valence-corrected chi connectivity index (χ4v) is 1.83. The summed E-state index contributed by atoms with van der Waals surface area (Å²) < 4.78 is 15.3. The number of nitrogens with zero attached hydrogens (tertiary/aromatic N) is 2. The van der Waals surface area contributed by atoms with Crippen LogP contribution in [0.4, 0.5) is 4.39 Å². The minimum Gasteiger partial charge on any atom is -0.333 e. The average Bonchev–Trinajstić information content (AvgIpc) is 2.61. The highest BCUT2D eigenvalue weighted by Gasteiger charge is 2.16. The van der Waals surface area contributed by atoms with Gasteiger partial charge in [-0.05, 0) is 12.1 Å². The van der Waals surface area contributed by atoms with Gasteiger partial charge in [-0.2, -0.15) is 0 Å². The molecule has 1 aromatic carbocycles. The Morgan fingerprint density at radius 3 is 2.71 bits per heavy atom. The molecule has 2 rings (SSSR count). The van der Waals surface area contributed by atoms with Gasteiger partial charge in [0, 0.05) is 20.2 Å². The third kappa shape index (κ3) is 2.08. The second-order valence-corrected chi connectivity index (χ2v) is 4.12. The summed E-state index contributed by atoms with van der Waals surface area (Å²) >= 11 is 5.95. The summed E-state index contributed by atoms with van der Waals surface area (Å²) in [5.74, 6) is -0.279. The van der Waals surface area contributed by atoms with E-state index in [0.717, 1.165) is 0 Å². The van der Waals surface area contributed by atoms with Gasteiger partial charge in [0.1, 0.15) is 17.3 Å². The van der Waals surface area contributed by atoms with Crippen molar-refractivity contribution in [1.82, 2.24) is 9.55 Å². The van der Waals surface area contributed by atoms with E-state index in [2.05, 4.69) is 4.98 Å². The number of imidazole rings is 1. The third-order valence-electron chi connectivity index (χ3n) is 2.42. The lowest BCUT2D eigenvalue weighted by Crippen LogP contribution is -1.95. The van der Waals surface area contributed by atoms with Gasteiger partial charge in [0.2, 0.25) is 0 Å². The van der Waals surface area contributed by atoms with Gasteiger partial charge >= 0.3 is 0 Å². The average molecular weight is 253 g/mol. The van der Waals surface area contributed by atoms with Crippen molar-refractivity contribution < 1.29 is 9.18 Å². The van der Waals surface area contributed by atoms with Crippen LogP contribution >= 0.6 is 11.6 Å². The highest BCUT2D eigenvalue weighted by atomic mass is 35.5. The molecule has 0 unspecified atom stereocenters. The Morgan fingerprint density at radius 1 is 1.47 bits per heavy atom. The topological polar surface area (TPSA) is 34.9 Å². The lowest BCUT2D eigenvalue weighted by molar-refractivity contribution is 0.101. The van der Waals surface area contributed by atoms with Crippen molar-refractivity contribution in [3.63, 3.8) is 0 Å². The number of benzene rings is 1. The van der Waals surface area contributed by atoms with Gasteiger partial charge in [-0.1, -0.05) is 17.7 Å².